The third-order valence-corrected chi connectivity index (χ3v) is 2.98. The van der Waals surface area contributed by atoms with Gasteiger partial charge in [-0.15, -0.1) is 11.3 Å². The maximum atomic E-state index is 11.7. The number of thiophene rings is 1. The van der Waals surface area contributed by atoms with Crippen molar-refractivity contribution < 1.29 is 14.7 Å². The molecule has 0 aliphatic heterocycles. The standard InChI is InChI=1S/C11H13NO3S/c1-3-12(2)11(15)8-6-9(16-7-8)4-5-10(13)14/h4-7H,3H2,1-2H3,(H,13,14). The minimum atomic E-state index is -0.994. The summed E-state index contributed by atoms with van der Waals surface area (Å²) in [5, 5.41) is 10.2. The van der Waals surface area contributed by atoms with Crippen LogP contribution in [0.1, 0.15) is 22.2 Å². The maximum absolute atomic E-state index is 11.7. The Morgan fingerprint density at radius 2 is 2.25 bits per heavy atom. The molecule has 0 bridgehead atoms. The summed E-state index contributed by atoms with van der Waals surface area (Å²) in [6, 6.07) is 1.69. The predicted molar refractivity (Wildman–Crippen MR) is 63.6 cm³/mol. The van der Waals surface area contributed by atoms with Crippen LogP contribution in [0.25, 0.3) is 6.08 Å². The summed E-state index contributed by atoms with van der Waals surface area (Å²) in [6.45, 7) is 2.55. The van der Waals surface area contributed by atoms with Crippen molar-refractivity contribution in [2.45, 2.75) is 6.92 Å². The second-order valence-corrected chi connectivity index (χ2v) is 4.17. The molecular formula is C11H13NO3S. The van der Waals surface area contributed by atoms with Gasteiger partial charge >= 0.3 is 5.97 Å². The highest BCUT2D eigenvalue weighted by Crippen LogP contribution is 2.17. The molecule has 0 aliphatic carbocycles. The monoisotopic (exact) mass is 239 g/mol. The average molecular weight is 239 g/mol. The van der Waals surface area contributed by atoms with E-state index in [1.165, 1.54) is 17.4 Å². The summed E-state index contributed by atoms with van der Waals surface area (Å²) in [6.07, 6.45) is 2.54. The summed E-state index contributed by atoms with van der Waals surface area (Å²) >= 11 is 1.35. The van der Waals surface area contributed by atoms with E-state index in [0.717, 1.165) is 11.0 Å². The van der Waals surface area contributed by atoms with E-state index in [0.29, 0.717) is 12.1 Å². The first kappa shape index (κ1) is 12.4. The number of rotatable bonds is 4. The lowest BCUT2D eigenvalue weighted by molar-refractivity contribution is -0.131. The molecule has 0 spiro atoms. The Bertz CT molecular complexity index is 423. The number of carbonyl (C=O) groups excluding carboxylic acids is 1. The average Bonchev–Trinajstić information content (AvgIpc) is 2.72. The molecule has 0 fully saturated rings. The molecule has 1 amide bonds. The van der Waals surface area contributed by atoms with Crippen LogP contribution >= 0.6 is 11.3 Å². The lowest BCUT2D eigenvalue weighted by Gasteiger charge is -2.12. The van der Waals surface area contributed by atoms with E-state index in [1.54, 1.807) is 23.4 Å². The highest BCUT2D eigenvalue weighted by Gasteiger charge is 2.11. The van der Waals surface area contributed by atoms with Crippen molar-refractivity contribution in [1.82, 2.24) is 4.90 Å². The molecule has 86 valence electrons. The lowest BCUT2D eigenvalue weighted by atomic mass is 10.2. The van der Waals surface area contributed by atoms with E-state index in [4.69, 9.17) is 5.11 Å². The van der Waals surface area contributed by atoms with Crippen LogP contribution in [0.4, 0.5) is 0 Å². The molecule has 1 N–H and O–H groups in total. The number of hydrogen-bond acceptors (Lipinski definition) is 3. The molecule has 1 aromatic rings. The smallest absolute Gasteiger partial charge is 0.328 e. The molecule has 0 aliphatic rings. The number of carbonyl (C=O) groups is 2. The Balaban J connectivity index is 2.79. The fourth-order valence-corrected chi connectivity index (χ4v) is 1.84. The fourth-order valence-electron chi connectivity index (χ4n) is 1.07. The van der Waals surface area contributed by atoms with Crippen LogP contribution in [0.3, 0.4) is 0 Å². The van der Waals surface area contributed by atoms with E-state index < -0.39 is 5.97 Å². The van der Waals surface area contributed by atoms with Gasteiger partial charge in [-0.2, -0.15) is 0 Å². The van der Waals surface area contributed by atoms with Gasteiger partial charge in [0.05, 0.1) is 5.56 Å². The van der Waals surface area contributed by atoms with Crippen molar-refractivity contribution in [3.63, 3.8) is 0 Å². The number of hydrogen-bond donors (Lipinski definition) is 1. The zero-order chi connectivity index (χ0) is 12.1. The fraction of sp³-hybridized carbons (Fsp3) is 0.273. The number of carboxylic acids is 1. The van der Waals surface area contributed by atoms with Gasteiger partial charge in [-0.1, -0.05) is 0 Å². The molecule has 0 atom stereocenters. The van der Waals surface area contributed by atoms with Crippen molar-refractivity contribution in [3.05, 3.63) is 28.0 Å². The van der Waals surface area contributed by atoms with E-state index in [9.17, 15) is 9.59 Å². The van der Waals surface area contributed by atoms with Crippen LogP contribution in [-0.2, 0) is 4.79 Å². The Morgan fingerprint density at radius 1 is 1.56 bits per heavy atom. The normalized spacial score (nSPS) is 10.6. The largest absolute Gasteiger partial charge is 0.478 e. The molecule has 0 radical (unpaired) electrons. The van der Waals surface area contributed by atoms with Gasteiger partial charge in [-0.25, -0.2) is 4.79 Å². The van der Waals surface area contributed by atoms with Crippen LogP contribution in [0.15, 0.2) is 17.5 Å². The van der Waals surface area contributed by atoms with Crippen LogP contribution in [-0.4, -0.2) is 35.5 Å². The highest BCUT2D eigenvalue weighted by molar-refractivity contribution is 7.11. The van der Waals surface area contributed by atoms with Crippen molar-refractivity contribution in [1.29, 1.82) is 0 Å². The van der Waals surface area contributed by atoms with E-state index in [-0.39, 0.29) is 5.91 Å². The number of nitrogens with zero attached hydrogens (tertiary/aromatic N) is 1. The van der Waals surface area contributed by atoms with Gasteiger partial charge < -0.3 is 10.0 Å². The van der Waals surface area contributed by atoms with Gasteiger partial charge in [0, 0.05) is 29.9 Å². The SMILES string of the molecule is CCN(C)C(=O)c1csc(C=CC(=O)O)c1. The molecule has 16 heavy (non-hydrogen) atoms. The quantitative estimate of drug-likeness (QED) is 0.817. The van der Waals surface area contributed by atoms with Gasteiger partial charge in [-0.3, -0.25) is 4.79 Å². The van der Waals surface area contributed by atoms with Crippen molar-refractivity contribution in [2.75, 3.05) is 13.6 Å². The molecule has 1 heterocycles. The molecule has 4 nitrogen and oxygen atoms in total. The topological polar surface area (TPSA) is 57.6 Å². The van der Waals surface area contributed by atoms with Crippen molar-refractivity contribution in [3.8, 4) is 0 Å². The molecule has 0 unspecified atom stereocenters. The zero-order valence-corrected chi connectivity index (χ0v) is 9.95. The van der Waals surface area contributed by atoms with Crippen LogP contribution < -0.4 is 0 Å². The predicted octanol–water partition coefficient (Wildman–Crippen LogP) is 1.94. The first-order chi connectivity index (χ1) is 7.54. The van der Waals surface area contributed by atoms with E-state index in [1.807, 2.05) is 6.92 Å². The minimum absolute atomic E-state index is 0.0475. The molecule has 0 saturated carbocycles. The molecule has 1 rings (SSSR count). The van der Waals surface area contributed by atoms with Crippen molar-refractivity contribution in [2.24, 2.45) is 0 Å². The minimum Gasteiger partial charge on any atom is -0.478 e. The number of carboxylic acid groups (broad SMARTS) is 1. The number of amides is 1. The third-order valence-electron chi connectivity index (χ3n) is 2.08. The molecule has 0 aromatic carbocycles. The summed E-state index contributed by atoms with van der Waals surface area (Å²) in [7, 11) is 1.73. The highest BCUT2D eigenvalue weighted by atomic mass is 32.1. The maximum Gasteiger partial charge on any atom is 0.328 e. The van der Waals surface area contributed by atoms with E-state index in [2.05, 4.69) is 0 Å². The summed E-state index contributed by atoms with van der Waals surface area (Å²) < 4.78 is 0. The van der Waals surface area contributed by atoms with Gasteiger partial charge in [0.15, 0.2) is 0 Å². The molecular weight excluding hydrogens is 226 g/mol. The van der Waals surface area contributed by atoms with Gasteiger partial charge in [0.1, 0.15) is 0 Å². The second kappa shape index (κ2) is 5.46. The van der Waals surface area contributed by atoms with Gasteiger partial charge in [0.25, 0.3) is 5.91 Å². The van der Waals surface area contributed by atoms with Crippen LogP contribution in [0, 0.1) is 0 Å². The Labute approximate surface area is 97.8 Å². The van der Waals surface area contributed by atoms with E-state index >= 15 is 0 Å². The summed E-state index contributed by atoms with van der Waals surface area (Å²) in [5.74, 6) is -1.04. The van der Waals surface area contributed by atoms with Crippen LogP contribution in [0.2, 0.25) is 0 Å². The van der Waals surface area contributed by atoms with Gasteiger partial charge in [0.2, 0.25) is 0 Å². The Hall–Kier alpha value is -1.62. The number of aliphatic carboxylic acids is 1. The first-order valence-electron chi connectivity index (χ1n) is 4.79. The molecule has 0 saturated heterocycles. The summed E-state index contributed by atoms with van der Waals surface area (Å²) in [5.41, 5.74) is 0.597. The zero-order valence-electron chi connectivity index (χ0n) is 9.14. The van der Waals surface area contributed by atoms with Gasteiger partial charge in [-0.05, 0) is 19.1 Å². The first-order valence-corrected chi connectivity index (χ1v) is 5.67. The summed E-state index contributed by atoms with van der Waals surface area (Å²) in [4.78, 5) is 24.4. The third kappa shape index (κ3) is 3.20. The van der Waals surface area contributed by atoms with Crippen LogP contribution in [0.5, 0.6) is 0 Å². The van der Waals surface area contributed by atoms with Crippen molar-refractivity contribution >= 4 is 29.3 Å². The molecule has 5 heteroatoms. The Kier molecular flexibility index (Phi) is 4.25. The second-order valence-electron chi connectivity index (χ2n) is 3.23. The lowest BCUT2D eigenvalue weighted by Crippen LogP contribution is -2.25. The molecule has 1 aromatic heterocycles. The Morgan fingerprint density at radius 3 is 2.81 bits per heavy atom.